The molecular formula is C16H17FN6O2. The number of amides is 1. The first kappa shape index (κ1) is 15.4. The first-order valence-corrected chi connectivity index (χ1v) is 7.92. The van der Waals surface area contributed by atoms with E-state index in [1.54, 1.807) is 36.4 Å². The third-order valence-corrected chi connectivity index (χ3v) is 4.50. The number of aromatic amines is 1. The maximum atomic E-state index is 15.1. The molecule has 2 N–H and O–H groups in total. The molecule has 3 aromatic heterocycles. The van der Waals surface area contributed by atoms with Gasteiger partial charge in [0, 0.05) is 51.2 Å². The predicted molar refractivity (Wildman–Crippen MR) is 90.1 cm³/mol. The molecule has 0 atom stereocenters. The fourth-order valence-corrected chi connectivity index (χ4v) is 3.21. The normalized spacial score (nSPS) is 15.1. The van der Waals surface area contributed by atoms with Crippen molar-refractivity contribution in [2.75, 3.05) is 31.1 Å². The lowest BCUT2D eigenvalue weighted by Gasteiger charge is -2.34. The molecule has 8 nitrogen and oxygen atoms in total. The Hall–Kier alpha value is -3.10. The molecule has 1 amide bonds. The number of carboxylic acid groups (broad SMARTS) is 1. The zero-order valence-electron chi connectivity index (χ0n) is 13.6. The van der Waals surface area contributed by atoms with Gasteiger partial charge in [-0.3, -0.25) is 4.68 Å². The number of aromatic nitrogens is 4. The van der Waals surface area contributed by atoms with Crippen LogP contribution in [0.15, 0.2) is 24.7 Å². The first-order valence-electron chi connectivity index (χ1n) is 7.92. The van der Waals surface area contributed by atoms with Crippen LogP contribution in [0.1, 0.15) is 0 Å². The number of carbonyl (C=O) groups is 1. The van der Waals surface area contributed by atoms with Gasteiger partial charge in [-0.15, -0.1) is 0 Å². The third kappa shape index (κ3) is 2.57. The second kappa shape index (κ2) is 5.76. The number of piperazine rings is 1. The van der Waals surface area contributed by atoms with E-state index in [0.717, 1.165) is 5.69 Å². The lowest BCUT2D eigenvalue weighted by Crippen LogP contribution is -2.48. The van der Waals surface area contributed by atoms with Crippen LogP contribution in [-0.2, 0) is 7.05 Å². The molecule has 0 aliphatic carbocycles. The molecule has 130 valence electrons. The summed E-state index contributed by atoms with van der Waals surface area (Å²) < 4.78 is 16.7. The van der Waals surface area contributed by atoms with Gasteiger partial charge in [-0.2, -0.15) is 5.10 Å². The van der Waals surface area contributed by atoms with Gasteiger partial charge in [-0.1, -0.05) is 0 Å². The maximum absolute atomic E-state index is 15.1. The lowest BCUT2D eigenvalue weighted by molar-refractivity contribution is 0.142. The van der Waals surface area contributed by atoms with Crippen LogP contribution in [0.3, 0.4) is 0 Å². The van der Waals surface area contributed by atoms with Crippen LogP contribution in [0.5, 0.6) is 0 Å². The van der Waals surface area contributed by atoms with Crippen molar-refractivity contribution in [1.29, 1.82) is 0 Å². The number of hydrogen-bond donors (Lipinski definition) is 2. The van der Waals surface area contributed by atoms with E-state index in [9.17, 15) is 4.79 Å². The topological polar surface area (TPSA) is 90.3 Å². The molecule has 9 heteroatoms. The van der Waals surface area contributed by atoms with Crippen LogP contribution in [-0.4, -0.2) is 62.0 Å². The number of hydrogen-bond acceptors (Lipinski definition) is 4. The molecule has 0 saturated carbocycles. The molecule has 0 aromatic carbocycles. The van der Waals surface area contributed by atoms with E-state index in [-0.39, 0.29) is 5.82 Å². The fourth-order valence-electron chi connectivity index (χ4n) is 3.21. The first-order chi connectivity index (χ1) is 12.0. The zero-order valence-corrected chi connectivity index (χ0v) is 13.6. The van der Waals surface area contributed by atoms with Gasteiger partial charge in [0.1, 0.15) is 5.65 Å². The Bertz CT molecular complexity index is 941. The number of fused-ring (bicyclic) bond motifs is 1. The monoisotopic (exact) mass is 344 g/mol. The summed E-state index contributed by atoms with van der Waals surface area (Å²) in [5.41, 5.74) is 2.19. The Kier molecular flexibility index (Phi) is 3.56. The zero-order chi connectivity index (χ0) is 17.6. The number of rotatable bonds is 2. The largest absolute Gasteiger partial charge is 0.465 e. The Morgan fingerprint density at radius 3 is 2.72 bits per heavy atom. The van der Waals surface area contributed by atoms with E-state index < -0.39 is 6.09 Å². The average molecular weight is 344 g/mol. The smallest absolute Gasteiger partial charge is 0.407 e. The van der Waals surface area contributed by atoms with Gasteiger partial charge in [0.2, 0.25) is 0 Å². The molecule has 3 aromatic rings. The van der Waals surface area contributed by atoms with Crippen molar-refractivity contribution in [3.8, 4) is 11.3 Å². The highest BCUT2D eigenvalue weighted by Crippen LogP contribution is 2.34. The van der Waals surface area contributed by atoms with Gasteiger partial charge in [0.25, 0.3) is 0 Å². The maximum Gasteiger partial charge on any atom is 0.407 e. The van der Waals surface area contributed by atoms with Crippen LogP contribution in [0.25, 0.3) is 22.3 Å². The molecule has 25 heavy (non-hydrogen) atoms. The van der Waals surface area contributed by atoms with Crippen molar-refractivity contribution in [3.63, 3.8) is 0 Å². The van der Waals surface area contributed by atoms with Gasteiger partial charge in [-0.05, 0) is 6.07 Å². The van der Waals surface area contributed by atoms with E-state index in [4.69, 9.17) is 5.11 Å². The second-order valence-corrected chi connectivity index (χ2v) is 6.03. The molecule has 0 radical (unpaired) electrons. The minimum Gasteiger partial charge on any atom is -0.465 e. The van der Waals surface area contributed by atoms with Crippen molar-refractivity contribution in [1.82, 2.24) is 24.6 Å². The van der Waals surface area contributed by atoms with Crippen LogP contribution >= 0.6 is 0 Å². The SMILES string of the molecule is Cn1cc(-c2[nH]c3nccc(N4CCN(C(=O)O)CC4)c3c2F)cn1. The molecule has 0 unspecified atom stereocenters. The number of anilines is 1. The predicted octanol–water partition coefficient (Wildman–Crippen LogP) is 1.90. The summed E-state index contributed by atoms with van der Waals surface area (Å²) in [7, 11) is 1.77. The lowest BCUT2D eigenvalue weighted by atomic mass is 10.2. The van der Waals surface area contributed by atoms with Gasteiger partial charge in [0.05, 0.1) is 23.0 Å². The van der Waals surface area contributed by atoms with Gasteiger partial charge < -0.3 is 19.9 Å². The minimum absolute atomic E-state index is 0.354. The van der Waals surface area contributed by atoms with Crippen LogP contribution in [0, 0.1) is 5.82 Å². The molecule has 1 saturated heterocycles. The van der Waals surface area contributed by atoms with Gasteiger partial charge in [-0.25, -0.2) is 14.2 Å². The molecule has 1 fully saturated rings. The highest BCUT2D eigenvalue weighted by atomic mass is 19.1. The highest BCUT2D eigenvalue weighted by molar-refractivity contribution is 5.94. The van der Waals surface area contributed by atoms with Crippen molar-refractivity contribution in [2.45, 2.75) is 0 Å². The van der Waals surface area contributed by atoms with Crippen molar-refractivity contribution < 1.29 is 14.3 Å². The average Bonchev–Trinajstić information content (AvgIpc) is 3.18. The summed E-state index contributed by atoms with van der Waals surface area (Å²) in [6.45, 7) is 1.80. The standard InChI is InChI=1S/C16H17FN6O2/c1-21-9-10(8-19-21)14-13(17)12-11(2-3-18-15(12)20-14)22-4-6-23(7-5-22)16(24)25/h2-3,8-9H,4-7H2,1H3,(H,18,20)(H,24,25). The highest BCUT2D eigenvalue weighted by Gasteiger charge is 2.25. The number of nitrogens with zero attached hydrogens (tertiary/aromatic N) is 5. The second-order valence-electron chi connectivity index (χ2n) is 6.03. The fraction of sp³-hybridized carbons (Fsp3) is 0.312. The third-order valence-electron chi connectivity index (χ3n) is 4.50. The number of nitrogens with one attached hydrogen (secondary N) is 1. The van der Waals surface area contributed by atoms with E-state index in [0.29, 0.717) is 48.5 Å². The summed E-state index contributed by atoms with van der Waals surface area (Å²) in [5, 5.41) is 13.6. The quantitative estimate of drug-likeness (QED) is 0.741. The number of halogens is 1. The van der Waals surface area contributed by atoms with Crippen molar-refractivity contribution in [2.24, 2.45) is 7.05 Å². The van der Waals surface area contributed by atoms with E-state index in [1.165, 1.54) is 4.90 Å². The van der Waals surface area contributed by atoms with E-state index >= 15 is 4.39 Å². The summed E-state index contributed by atoms with van der Waals surface area (Å²) in [5.74, 6) is -0.369. The van der Waals surface area contributed by atoms with Crippen LogP contribution < -0.4 is 4.90 Å². The molecule has 1 aliphatic rings. The Labute approximate surface area is 142 Å². The van der Waals surface area contributed by atoms with Crippen LogP contribution in [0.4, 0.5) is 14.9 Å². The number of aryl methyl sites for hydroxylation is 1. The van der Waals surface area contributed by atoms with Gasteiger partial charge in [0.15, 0.2) is 5.82 Å². The molecule has 4 heterocycles. The summed E-state index contributed by atoms with van der Waals surface area (Å²) in [6, 6.07) is 1.77. The van der Waals surface area contributed by atoms with Crippen molar-refractivity contribution >= 4 is 22.8 Å². The summed E-state index contributed by atoms with van der Waals surface area (Å²) in [6.07, 6.45) is 4.04. The summed E-state index contributed by atoms with van der Waals surface area (Å²) in [4.78, 5) is 21.7. The Morgan fingerprint density at radius 1 is 1.32 bits per heavy atom. The van der Waals surface area contributed by atoms with E-state index in [2.05, 4.69) is 15.1 Å². The number of H-pyrrole nitrogens is 1. The molecular weight excluding hydrogens is 327 g/mol. The minimum atomic E-state index is -0.925. The molecule has 4 rings (SSSR count). The van der Waals surface area contributed by atoms with Crippen molar-refractivity contribution in [3.05, 3.63) is 30.5 Å². The molecule has 1 aliphatic heterocycles. The Morgan fingerprint density at radius 2 is 2.08 bits per heavy atom. The van der Waals surface area contributed by atoms with Gasteiger partial charge >= 0.3 is 6.09 Å². The van der Waals surface area contributed by atoms with E-state index in [1.807, 2.05) is 4.90 Å². The number of pyridine rings is 1. The van der Waals surface area contributed by atoms with Crippen LogP contribution in [0.2, 0.25) is 0 Å². The summed E-state index contributed by atoms with van der Waals surface area (Å²) >= 11 is 0. The molecule has 0 spiro atoms. The Balaban J connectivity index is 1.73. The molecule has 0 bridgehead atoms.